The molecule has 5 aliphatic rings. The zero-order valence-electron chi connectivity index (χ0n) is 27.6. The quantitative estimate of drug-likeness (QED) is 0.143. The maximum absolute atomic E-state index is 13.9. The van der Waals surface area contributed by atoms with Crippen molar-refractivity contribution in [2.45, 2.75) is 86.1 Å². The fourth-order valence-corrected chi connectivity index (χ4v) is 6.93. The number of fused-ring (bicyclic) bond motifs is 6. The van der Waals surface area contributed by atoms with Crippen LogP contribution in [-0.2, 0) is 25.4 Å². The monoisotopic (exact) mass is 720 g/mol. The molecular formula is C34H40O17. The third-order valence-electron chi connectivity index (χ3n) is 9.85. The lowest BCUT2D eigenvalue weighted by atomic mass is 9.81. The zero-order chi connectivity index (χ0) is 36.3. The minimum Gasteiger partial charge on any atom is -0.493 e. The third-order valence-corrected chi connectivity index (χ3v) is 9.85. The van der Waals surface area contributed by atoms with Crippen LogP contribution in [0.25, 0.3) is 0 Å². The number of rotatable bonds is 9. The third kappa shape index (κ3) is 6.31. The Bertz CT molecular complexity index is 1650. The summed E-state index contributed by atoms with van der Waals surface area (Å²) in [5.74, 6) is 1.58. The fourth-order valence-electron chi connectivity index (χ4n) is 6.93. The van der Waals surface area contributed by atoms with E-state index < -0.39 is 86.3 Å². The number of Topliss-reactive ketones (excluding diaryl/α,β-unsaturated/α-hetero) is 1. The van der Waals surface area contributed by atoms with Gasteiger partial charge < -0.3 is 78.4 Å². The average molecular weight is 721 g/mol. The van der Waals surface area contributed by atoms with E-state index in [1.165, 1.54) is 14.2 Å². The molecule has 12 unspecified atom stereocenters. The van der Waals surface area contributed by atoms with Crippen LogP contribution in [0, 0.1) is 0 Å². The number of hydrogen-bond acceptors (Lipinski definition) is 17. The highest BCUT2D eigenvalue weighted by molar-refractivity contribution is 6.06. The van der Waals surface area contributed by atoms with E-state index in [0.29, 0.717) is 51.0 Å². The molecule has 0 aromatic heterocycles. The first-order valence-corrected chi connectivity index (χ1v) is 16.3. The van der Waals surface area contributed by atoms with Crippen LogP contribution in [-0.4, -0.2) is 149 Å². The first kappa shape index (κ1) is 35.8. The van der Waals surface area contributed by atoms with Gasteiger partial charge in [-0.05, 0) is 23.8 Å². The first-order valence-electron chi connectivity index (χ1n) is 16.3. The highest BCUT2D eigenvalue weighted by atomic mass is 16.8. The Labute approximate surface area is 291 Å². The fraction of sp³-hybridized carbons (Fsp3) is 0.559. The average Bonchev–Trinajstić information content (AvgIpc) is 3.58. The van der Waals surface area contributed by atoms with Crippen LogP contribution in [0.15, 0.2) is 36.4 Å². The first-order chi connectivity index (χ1) is 24.4. The number of hydrogen-bond donors (Lipinski definition) is 7. The maximum atomic E-state index is 13.9. The second-order valence-corrected chi connectivity index (χ2v) is 13.0. The molecule has 278 valence electrons. The van der Waals surface area contributed by atoms with Crippen molar-refractivity contribution in [2.75, 3.05) is 34.0 Å². The number of benzene rings is 2. The van der Waals surface area contributed by atoms with E-state index in [1.807, 2.05) is 0 Å². The second-order valence-electron chi connectivity index (χ2n) is 13.0. The number of aliphatic hydroxyl groups excluding tert-OH is 7. The topological polar surface area (TPSA) is 242 Å². The van der Waals surface area contributed by atoms with Gasteiger partial charge in [0.15, 0.2) is 36.2 Å². The molecule has 0 amide bonds. The lowest BCUT2D eigenvalue weighted by Crippen LogP contribution is -2.61. The molecule has 0 bridgehead atoms. The molecule has 0 spiro atoms. The van der Waals surface area contributed by atoms with E-state index in [1.54, 1.807) is 24.3 Å². The van der Waals surface area contributed by atoms with Crippen molar-refractivity contribution in [3.63, 3.8) is 0 Å². The molecule has 0 radical (unpaired) electrons. The summed E-state index contributed by atoms with van der Waals surface area (Å²) in [6, 6.07) is 6.78. The highest BCUT2D eigenvalue weighted by Crippen LogP contribution is 2.50. The number of ketones is 1. The van der Waals surface area contributed by atoms with Crippen molar-refractivity contribution in [1.29, 1.82) is 0 Å². The maximum Gasteiger partial charge on any atom is 0.189 e. The number of ether oxygens (including phenoxy) is 9. The molecule has 2 saturated heterocycles. The van der Waals surface area contributed by atoms with Crippen molar-refractivity contribution in [3.05, 3.63) is 53.1 Å². The Morgan fingerprint density at radius 2 is 1.51 bits per heavy atom. The van der Waals surface area contributed by atoms with Crippen LogP contribution >= 0.6 is 0 Å². The van der Waals surface area contributed by atoms with Gasteiger partial charge in [0, 0.05) is 23.6 Å². The van der Waals surface area contributed by atoms with Crippen molar-refractivity contribution >= 4 is 5.78 Å². The zero-order valence-corrected chi connectivity index (χ0v) is 27.6. The minimum absolute atomic E-state index is 0.129. The molecule has 7 N–H and O–H groups in total. The summed E-state index contributed by atoms with van der Waals surface area (Å²) < 4.78 is 51.1. The number of methoxy groups -OCH3 is 2. The van der Waals surface area contributed by atoms with E-state index in [0.717, 1.165) is 0 Å². The van der Waals surface area contributed by atoms with Crippen LogP contribution in [0.2, 0.25) is 0 Å². The van der Waals surface area contributed by atoms with Gasteiger partial charge in [-0.15, -0.1) is 0 Å². The Morgan fingerprint density at radius 1 is 0.824 bits per heavy atom. The van der Waals surface area contributed by atoms with Crippen LogP contribution in [0.3, 0.4) is 0 Å². The number of aliphatic hydroxyl groups is 7. The highest BCUT2D eigenvalue weighted by Gasteiger charge is 2.49. The molecule has 13 atom stereocenters. The summed E-state index contributed by atoms with van der Waals surface area (Å²) in [6.45, 7) is 3.46. The van der Waals surface area contributed by atoms with Gasteiger partial charge >= 0.3 is 0 Å². The second kappa shape index (κ2) is 14.1. The van der Waals surface area contributed by atoms with E-state index in [4.69, 9.17) is 42.6 Å². The number of carbonyl (C=O) groups excluding carboxylic acids is 1. The summed E-state index contributed by atoms with van der Waals surface area (Å²) in [4.78, 5) is 13.9. The molecule has 2 aromatic carbocycles. The lowest BCUT2D eigenvalue weighted by molar-refractivity contribution is -0.353. The Kier molecular flexibility index (Phi) is 9.89. The van der Waals surface area contributed by atoms with Crippen molar-refractivity contribution < 1.29 is 83.2 Å². The van der Waals surface area contributed by atoms with E-state index in [9.17, 15) is 40.5 Å². The lowest BCUT2D eigenvalue weighted by Gasteiger charge is -2.42. The van der Waals surface area contributed by atoms with E-state index in [-0.39, 0.29) is 25.4 Å². The van der Waals surface area contributed by atoms with Crippen LogP contribution < -0.4 is 23.7 Å². The predicted octanol–water partition coefficient (Wildman–Crippen LogP) is -1.72. The van der Waals surface area contributed by atoms with Crippen LogP contribution in [0.5, 0.6) is 28.7 Å². The van der Waals surface area contributed by atoms with Gasteiger partial charge in [0.25, 0.3) is 0 Å². The Hall–Kier alpha value is -3.59. The van der Waals surface area contributed by atoms with Crippen molar-refractivity contribution in [2.24, 2.45) is 0 Å². The van der Waals surface area contributed by atoms with Gasteiger partial charge in [0.2, 0.25) is 0 Å². The summed E-state index contributed by atoms with van der Waals surface area (Å²) in [5, 5.41) is 71.0. The van der Waals surface area contributed by atoms with Gasteiger partial charge in [-0.25, -0.2) is 0 Å². The van der Waals surface area contributed by atoms with E-state index in [2.05, 4.69) is 6.58 Å². The van der Waals surface area contributed by atoms with Gasteiger partial charge in [0.1, 0.15) is 78.8 Å². The molecule has 17 heteroatoms. The van der Waals surface area contributed by atoms with E-state index >= 15 is 0 Å². The normalized spacial score (nSPS) is 36.7. The molecular weight excluding hydrogens is 680 g/mol. The molecule has 51 heavy (non-hydrogen) atoms. The summed E-state index contributed by atoms with van der Waals surface area (Å²) in [6.07, 6.45) is -17.5. The standard InChI is InChI=1S/C34H40O17/c1-12(9-46-33-29(40)26(37)25(36)22(50-33)11-47-34-30(41)27(38)28(39)32(42)51-34)17-7-15-16(48-17)5-4-13-24(35)23-14-6-19(43-2)20(44-3)8-18(14)45-10-21(23)49-31(13)15/h4-6,8,17,21-23,25-30,32-34,36-42H,1,7,9-11H2,2-3H3/t17-,21?,22?,23?,25?,26?,27?,28?,29?,30?,32?,33?,34?/m0/s1. The van der Waals surface area contributed by atoms with Gasteiger partial charge in [-0.3, -0.25) is 4.79 Å². The van der Waals surface area contributed by atoms with Crippen molar-refractivity contribution in [3.8, 4) is 28.7 Å². The van der Waals surface area contributed by atoms with Crippen molar-refractivity contribution in [1.82, 2.24) is 0 Å². The SMILES string of the molecule is C=C(COC1OC(COC2OC(O)C(O)C(O)C2O)C(O)C(O)C1O)[C@@H]1Cc2c(ccc3c2OC2COc4cc(OC)c(OC)cc4C2C3=O)O1. The molecule has 5 heterocycles. The van der Waals surface area contributed by atoms with Gasteiger partial charge in [-0.2, -0.15) is 0 Å². The molecule has 2 fully saturated rings. The molecule has 5 aliphatic heterocycles. The predicted molar refractivity (Wildman–Crippen MR) is 168 cm³/mol. The van der Waals surface area contributed by atoms with Crippen LogP contribution in [0.4, 0.5) is 0 Å². The molecule has 0 aliphatic carbocycles. The Balaban J connectivity index is 0.992. The molecule has 17 nitrogen and oxygen atoms in total. The van der Waals surface area contributed by atoms with Gasteiger partial charge in [-0.1, -0.05) is 6.58 Å². The molecule has 2 aromatic rings. The minimum atomic E-state index is -1.85. The summed E-state index contributed by atoms with van der Waals surface area (Å²) >= 11 is 0. The number of carbonyl (C=O) groups is 1. The molecule has 7 rings (SSSR count). The van der Waals surface area contributed by atoms with Gasteiger partial charge in [0.05, 0.1) is 38.9 Å². The smallest absolute Gasteiger partial charge is 0.189 e. The molecule has 0 saturated carbocycles. The van der Waals surface area contributed by atoms with Crippen LogP contribution in [0.1, 0.15) is 27.4 Å². The summed E-state index contributed by atoms with van der Waals surface area (Å²) in [5.41, 5.74) is 2.13. The summed E-state index contributed by atoms with van der Waals surface area (Å²) in [7, 11) is 3.03. The largest absolute Gasteiger partial charge is 0.493 e. The Morgan fingerprint density at radius 3 is 2.24 bits per heavy atom.